The van der Waals surface area contributed by atoms with Gasteiger partial charge in [-0.1, -0.05) is 12.6 Å². The van der Waals surface area contributed by atoms with Gasteiger partial charge in [0.1, 0.15) is 22.8 Å². The molecule has 21 heteroatoms. The Kier molecular flexibility index (Phi) is 8.42. The van der Waals surface area contributed by atoms with Gasteiger partial charge in [-0.25, -0.2) is 14.4 Å². The van der Waals surface area contributed by atoms with Crippen LogP contribution in [0.2, 0.25) is 0 Å². The summed E-state index contributed by atoms with van der Waals surface area (Å²) in [4.78, 5) is 33.9. The number of benzene rings is 1. The first-order chi connectivity index (χ1) is 16.7. The maximum absolute atomic E-state index is 13.2. The normalized spacial score (nSPS) is 13.6. The van der Waals surface area contributed by atoms with Gasteiger partial charge < -0.3 is 14.2 Å². The minimum absolute atomic E-state index is 0.0554. The summed E-state index contributed by atoms with van der Waals surface area (Å²) in [6.07, 6.45) is -20.0. The molecular formula is C17H5F15O6. The molecule has 0 saturated carbocycles. The summed E-state index contributed by atoms with van der Waals surface area (Å²) in [6, 6.07) is 0.352. The van der Waals surface area contributed by atoms with Crippen molar-refractivity contribution >= 4 is 23.7 Å². The van der Waals surface area contributed by atoms with Crippen molar-refractivity contribution in [1.82, 2.24) is 0 Å². The summed E-state index contributed by atoms with van der Waals surface area (Å²) in [7, 11) is 0. The van der Waals surface area contributed by atoms with Crippen molar-refractivity contribution in [3.8, 4) is 11.5 Å². The van der Waals surface area contributed by atoms with Crippen LogP contribution >= 0.6 is 0 Å². The van der Waals surface area contributed by atoms with Gasteiger partial charge in [0, 0.05) is 0 Å². The molecule has 0 unspecified atom stereocenters. The molecule has 0 bridgehead atoms. The van der Waals surface area contributed by atoms with Crippen LogP contribution in [-0.2, 0) is 19.1 Å². The molecule has 1 aromatic carbocycles. The standard InChI is InChI=1S/C17H5F15O6/c1-5(36-9(33)12(18,19)15(24,25)26)8-6(37-10(34)13(20,21)16(27,28)29)3-2-4-7(8)38-11(35)14(22,23)17(30,31)32/h2-4H,1H2. The largest absolute Gasteiger partial charge is 0.465 e. The third-order valence-corrected chi connectivity index (χ3v) is 3.73. The molecule has 0 heterocycles. The number of ether oxygens (including phenoxy) is 3. The molecule has 0 spiro atoms. The summed E-state index contributed by atoms with van der Waals surface area (Å²) in [6.45, 7) is 2.47. The fraction of sp³-hybridized carbons (Fsp3) is 0.353. The fourth-order valence-corrected chi connectivity index (χ4v) is 1.86. The third kappa shape index (κ3) is 6.23. The first-order valence-electron chi connectivity index (χ1n) is 8.52. The average molecular weight is 590 g/mol. The number of hydrogen-bond acceptors (Lipinski definition) is 6. The van der Waals surface area contributed by atoms with Crippen molar-refractivity contribution in [2.24, 2.45) is 0 Å². The molecule has 0 fully saturated rings. The SMILES string of the molecule is C=C(OC(=O)C(F)(F)C(F)(F)F)c1c(OC(=O)C(F)(F)C(F)(F)F)cccc1OC(=O)C(F)(F)C(F)(F)F. The lowest BCUT2D eigenvalue weighted by atomic mass is 10.1. The monoisotopic (exact) mass is 590 g/mol. The summed E-state index contributed by atoms with van der Waals surface area (Å²) >= 11 is 0. The molecule has 0 aliphatic rings. The zero-order valence-electron chi connectivity index (χ0n) is 17.1. The number of carbonyl (C=O) groups is 3. The third-order valence-electron chi connectivity index (χ3n) is 3.73. The van der Waals surface area contributed by atoms with Crippen molar-refractivity contribution in [2.75, 3.05) is 0 Å². The van der Waals surface area contributed by atoms with E-state index in [2.05, 4.69) is 20.8 Å². The predicted molar refractivity (Wildman–Crippen MR) is 85.8 cm³/mol. The van der Waals surface area contributed by atoms with Gasteiger partial charge in [0.2, 0.25) is 0 Å². The van der Waals surface area contributed by atoms with E-state index < -0.39 is 77.0 Å². The molecule has 1 rings (SSSR count). The van der Waals surface area contributed by atoms with E-state index in [-0.39, 0.29) is 18.2 Å². The van der Waals surface area contributed by atoms with E-state index in [1.165, 1.54) is 0 Å². The Morgan fingerprint density at radius 2 is 0.842 bits per heavy atom. The molecule has 6 nitrogen and oxygen atoms in total. The van der Waals surface area contributed by atoms with Gasteiger partial charge in [-0.15, -0.1) is 0 Å². The lowest BCUT2D eigenvalue weighted by molar-refractivity contribution is -0.277. The molecular weight excluding hydrogens is 585 g/mol. The highest BCUT2D eigenvalue weighted by molar-refractivity contribution is 5.89. The zero-order chi connectivity index (χ0) is 30.3. The van der Waals surface area contributed by atoms with Gasteiger partial charge in [0.05, 0.1) is 0 Å². The first kappa shape index (κ1) is 32.3. The summed E-state index contributed by atoms with van der Waals surface area (Å²) in [5.74, 6) is -35.9. The van der Waals surface area contributed by atoms with Crippen molar-refractivity contribution < 1.29 is 94.5 Å². The van der Waals surface area contributed by atoms with Crippen LogP contribution in [0.15, 0.2) is 24.8 Å². The molecule has 0 aliphatic heterocycles. The van der Waals surface area contributed by atoms with Crippen LogP contribution in [-0.4, -0.2) is 54.2 Å². The lowest BCUT2D eigenvalue weighted by Crippen LogP contribution is -2.47. The molecule has 0 atom stereocenters. The molecule has 0 saturated heterocycles. The highest BCUT2D eigenvalue weighted by Gasteiger charge is 2.67. The Balaban J connectivity index is 3.67. The quantitative estimate of drug-likeness (QED) is 0.178. The van der Waals surface area contributed by atoms with Crippen molar-refractivity contribution in [2.45, 2.75) is 36.3 Å². The lowest BCUT2D eigenvalue weighted by Gasteiger charge is -2.22. The number of rotatable bonds is 7. The molecule has 214 valence electrons. The topological polar surface area (TPSA) is 78.9 Å². The Morgan fingerprint density at radius 3 is 1.13 bits per heavy atom. The van der Waals surface area contributed by atoms with Crippen LogP contribution in [0.5, 0.6) is 11.5 Å². The minimum Gasteiger partial charge on any atom is -0.422 e. The van der Waals surface area contributed by atoms with Crippen LogP contribution in [0.4, 0.5) is 65.9 Å². The zero-order valence-corrected chi connectivity index (χ0v) is 17.1. The summed E-state index contributed by atoms with van der Waals surface area (Å²) < 4.78 is 201. The average Bonchev–Trinajstić information content (AvgIpc) is 2.70. The molecule has 0 amide bonds. The van der Waals surface area contributed by atoms with Gasteiger partial charge in [-0.2, -0.15) is 65.9 Å². The molecule has 38 heavy (non-hydrogen) atoms. The minimum atomic E-state index is -6.69. The van der Waals surface area contributed by atoms with Crippen molar-refractivity contribution in [1.29, 1.82) is 0 Å². The van der Waals surface area contributed by atoms with E-state index in [1.54, 1.807) is 0 Å². The van der Waals surface area contributed by atoms with Crippen LogP contribution < -0.4 is 9.47 Å². The number of halogens is 15. The van der Waals surface area contributed by atoms with E-state index in [0.29, 0.717) is 0 Å². The predicted octanol–water partition coefficient (Wildman–Crippen LogP) is 5.60. The Labute approximate surface area is 197 Å². The maximum Gasteiger partial charge on any atom is 0.465 e. The Hall–Kier alpha value is -3.68. The van der Waals surface area contributed by atoms with E-state index in [1.807, 2.05) is 0 Å². The fourth-order valence-electron chi connectivity index (χ4n) is 1.86. The molecule has 0 aliphatic carbocycles. The van der Waals surface area contributed by atoms with E-state index in [9.17, 15) is 80.2 Å². The number of hydrogen-bond donors (Lipinski definition) is 0. The van der Waals surface area contributed by atoms with E-state index in [0.717, 1.165) is 0 Å². The molecule has 0 N–H and O–H groups in total. The first-order valence-corrected chi connectivity index (χ1v) is 8.52. The van der Waals surface area contributed by atoms with Gasteiger partial charge in [-0.3, -0.25) is 0 Å². The van der Waals surface area contributed by atoms with Crippen LogP contribution in [0.1, 0.15) is 5.56 Å². The summed E-state index contributed by atoms with van der Waals surface area (Å²) in [5.41, 5.74) is -1.96. The number of alkyl halides is 15. The smallest absolute Gasteiger partial charge is 0.422 e. The van der Waals surface area contributed by atoms with Crippen LogP contribution in [0.25, 0.3) is 5.76 Å². The second-order valence-corrected chi connectivity index (χ2v) is 6.44. The van der Waals surface area contributed by atoms with Crippen molar-refractivity contribution in [3.05, 3.63) is 30.3 Å². The van der Waals surface area contributed by atoms with Gasteiger partial charge in [0.25, 0.3) is 0 Å². The summed E-state index contributed by atoms with van der Waals surface area (Å²) in [5, 5.41) is 0. The number of esters is 3. The molecule has 0 radical (unpaired) electrons. The Morgan fingerprint density at radius 1 is 0.553 bits per heavy atom. The molecule has 0 aromatic heterocycles. The van der Waals surface area contributed by atoms with Crippen LogP contribution in [0, 0.1) is 0 Å². The molecule has 1 aromatic rings. The highest BCUT2D eigenvalue weighted by atomic mass is 19.4. The second kappa shape index (κ2) is 9.89. The second-order valence-electron chi connectivity index (χ2n) is 6.44. The van der Waals surface area contributed by atoms with Gasteiger partial charge in [-0.05, 0) is 12.1 Å². The maximum atomic E-state index is 13.2. The Bertz CT molecular complexity index is 1060. The van der Waals surface area contributed by atoms with Gasteiger partial charge >= 0.3 is 54.2 Å². The number of carbonyl (C=O) groups excluding carboxylic acids is 3. The van der Waals surface area contributed by atoms with E-state index in [4.69, 9.17) is 0 Å². The highest BCUT2D eigenvalue weighted by Crippen LogP contribution is 2.43. The van der Waals surface area contributed by atoms with Crippen molar-refractivity contribution in [3.63, 3.8) is 0 Å². The van der Waals surface area contributed by atoms with Crippen LogP contribution in [0.3, 0.4) is 0 Å². The van der Waals surface area contributed by atoms with E-state index >= 15 is 0 Å². The van der Waals surface area contributed by atoms with Gasteiger partial charge in [0.15, 0.2) is 0 Å².